The van der Waals surface area contributed by atoms with Gasteiger partial charge in [-0.2, -0.15) is 18.3 Å². The predicted octanol–water partition coefficient (Wildman–Crippen LogP) is 0.471. The number of nitrogens with one attached hydrogen (secondary N) is 1. The van der Waals surface area contributed by atoms with E-state index in [9.17, 15) is 18.0 Å². The first-order chi connectivity index (χ1) is 7.41. The van der Waals surface area contributed by atoms with Gasteiger partial charge in [0.15, 0.2) is 11.3 Å². The number of alkyl halides is 3. The lowest BCUT2D eigenvalue weighted by molar-refractivity contribution is -0.139. The van der Waals surface area contributed by atoms with Crippen molar-refractivity contribution in [1.82, 2.24) is 20.2 Å². The summed E-state index contributed by atoms with van der Waals surface area (Å²) in [6.07, 6.45) is -3.98. The second kappa shape index (κ2) is 3.15. The molecular formula is C7H4F3N5O. The minimum absolute atomic E-state index is 0.254. The van der Waals surface area contributed by atoms with Gasteiger partial charge in [-0.3, -0.25) is 9.89 Å². The van der Waals surface area contributed by atoms with Crippen LogP contribution < -0.4 is 5.73 Å². The highest BCUT2D eigenvalue weighted by Gasteiger charge is 2.37. The summed E-state index contributed by atoms with van der Waals surface area (Å²) in [4.78, 5) is 17.5. The van der Waals surface area contributed by atoms with Crippen molar-refractivity contribution >= 4 is 16.9 Å². The molecule has 1 amide bonds. The molecule has 84 valence electrons. The Labute approximate surface area is 85.7 Å². The van der Waals surface area contributed by atoms with E-state index in [4.69, 9.17) is 5.73 Å². The smallest absolute Gasteiger partial charge is 0.364 e. The molecule has 0 aliphatic heterocycles. The predicted molar refractivity (Wildman–Crippen MR) is 45.2 cm³/mol. The van der Waals surface area contributed by atoms with E-state index in [1.807, 2.05) is 0 Å². The second-order valence-corrected chi connectivity index (χ2v) is 2.88. The molecule has 0 fully saturated rings. The van der Waals surface area contributed by atoms with E-state index in [-0.39, 0.29) is 5.65 Å². The van der Waals surface area contributed by atoms with Crippen LogP contribution in [-0.2, 0) is 6.18 Å². The van der Waals surface area contributed by atoms with Gasteiger partial charge >= 0.3 is 6.18 Å². The van der Waals surface area contributed by atoms with Crippen LogP contribution in [-0.4, -0.2) is 26.1 Å². The van der Waals surface area contributed by atoms with E-state index < -0.39 is 28.9 Å². The molecule has 0 atom stereocenters. The monoisotopic (exact) mass is 231 g/mol. The summed E-state index contributed by atoms with van der Waals surface area (Å²) in [5, 5.41) is 5.02. The Hall–Kier alpha value is -2.19. The molecule has 0 spiro atoms. The fourth-order valence-electron chi connectivity index (χ4n) is 1.25. The quantitative estimate of drug-likeness (QED) is 0.745. The average Bonchev–Trinajstić information content (AvgIpc) is 2.58. The summed E-state index contributed by atoms with van der Waals surface area (Å²) >= 11 is 0. The van der Waals surface area contributed by atoms with Gasteiger partial charge < -0.3 is 5.73 Å². The fourth-order valence-corrected chi connectivity index (χ4v) is 1.25. The third-order valence-electron chi connectivity index (χ3n) is 1.87. The van der Waals surface area contributed by atoms with Gasteiger partial charge in [-0.1, -0.05) is 0 Å². The maximum Gasteiger partial charge on any atom is 0.434 e. The number of hydrogen-bond donors (Lipinski definition) is 2. The summed E-state index contributed by atoms with van der Waals surface area (Å²) in [5.74, 6) is -1.05. The molecule has 2 rings (SSSR count). The molecule has 2 heterocycles. The van der Waals surface area contributed by atoms with Crippen LogP contribution in [0.25, 0.3) is 11.0 Å². The molecule has 0 saturated carbocycles. The number of fused-ring (bicyclic) bond motifs is 1. The third kappa shape index (κ3) is 1.45. The Morgan fingerprint density at radius 1 is 1.38 bits per heavy atom. The lowest BCUT2D eigenvalue weighted by Gasteiger charge is -2.05. The van der Waals surface area contributed by atoms with Crippen LogP contribution in [0.3, 0.4) is 0 Å². The Morgan fingerprint density at radius 3 is 2.62 bits per heavy atom. The van der Waals surface area contributed by atoms with E-state index in [0.29, 0.717) is 0 Å². The van der Waals surface area contributed by atoms with Crippen molar-refractivity contribution in [2.45, 2.75) is 6.18 Å². The molecule has 2 aromatic rings. The lowest BCUT2D eigenvalue weighted by Crippen LogP contribution is -2.15. The van der Waals surface area contributed by atoms with Crippen molar-refractivity contribution in [2.75, 3.05) is 0 Å². The number of nitrogens with zero attached hydrogens (tertiary/aromatic N) is 3. The topological polar surface area (TPSA) is 97.6 Å². The number of aromatic amines is 1. The van der Waals surface area contributed by atoms with Crippen molar-refractivity contribution in [3.05, 3.63) is 17.7 Å². The fraction of sp³-hybridized carbons (Fsp3) is 0.143. The van der Waals surface area contributed by atoms with Crippen molar-refractivity contribution in [1.29, 1.82) is 0 Å². The van der Waals surface area contributed by atoms with E-state index >= 15 is 0 Å². The highest BCUT2D eigenvalue weighted by molar-refractivity contribution is 6.03. The first-order valence-electron chi connectivity index (χ1n) is 3.97. The first-order valence-corrected chi connectivity index (χ1v) is 3.97. The van der Waals surface area contributed by atoms with Crippen LogP contribution in [0.2, 0.25) is 0 Å². The molecule has 0 unspecified atom stereocenters. The van der Waals surface area contributed by atoms with E-state index in [1.165, 1.54) is 0 Å². The summed E-state index contributed by atoms with van der Waals surface area (Å²) in [5.41, 5.74) is 2.96. The molecule has 3 N–H and O–H groups in total. The molecular weight excluding hydrogens is 227 g/mol. The van der Waals surface area contributed by atoms with E-state index in [1.54, 1.807) is 0 Å². The summed E-state index contributed by atoms with van der Waals surface area (Å²) in [6, 6.07) is 0. The molecule has 0 bridgehead atoms. The molecule has 0 radical (unpaired) electrons. The second-order valence-electron chi connectivity index (χ2n) is 2.88. The standard InChI is InChI=1S/C7H4F3N5O/c8-7(9,10)4-2-3(5(11)16)14-15-6(2)13-1-12-4/h1H,(H2,11,16)(H,12,13,14,15). The maximum absolute atomic E-state index is 12.6. The lowest BCUT2D eigenvalue weighted by atomic mass is 10.2. The molecule has 0 saturated heterocycles. The minimum Gasteiger partial charge on any atom is -0.364 e. The zero-order chi connectivity index (χ0) is 11.9. The number of hydrogen-bond acceptors (Lipinski definition) is 4. The van der Waals surface area contributed by atoms with Gasteiger partial charge in [0, 0.05) is 0 Å². The van der Waals surface area contributed by atoms with Crippen LogP contribution >= 0.6 is 0 Å². The first kappa shape index (κ1) is 10.3. The normalized spacial score (nSPS) is 11.9. The highest BCUT2D eigenvalue weighted by atomic mass is 19.4. The van der Waals surface area contributed by atoms with Crippen LogP contribution in [0.5, 0.6) is 0 Å². The van der Waals surface area contributed by atoms with Gasteiger partial charge in [0.2, 0.25) is 0 Å². The van der Waals surface area contributed by atoms with Gasteiger partial charge in [0.1, 0.15) is 12.0 Å². The number of H-pyrrole nitrogens is 1. The molecule has 0 aromatic carbocycles. The number of carbonyl (C=O) groups excluding carboxylic acids is 1. The number of aromatic nitrogens is 4. The van der Waals surface area contributed by atoms with E-state index in [2.05, 4.69) is 20.2 Å². The summed E-state index contributed by atoms with van der Waals surface area (Å²) < 4.78 is 37.7. The zero-order valence-corrected chi connectivity index (χ0v) is 7.54. The van der Waals surface area contributed by atoms with Crippen molar-refractivity contribution in [3.8, 4) is 0 Å². The SMILES string of the molecule is NC(=O)c1[nH]nc2ncnc(C(F)(F)F)c12. The highest BCUT2D eigenvalue weighted by Crippen LogP contribution is 2.32. The van der Waals surface area contributed by atoms with Crippen LogP contribution in [0.4, 0.5) is 13.2 Å². The number of amides is 1. The molecule has 9 heteroatoms. The Bertz CT molecular complexity index is 561. The van der Waals surface area contributed by atoms with Gasteiger partial charge in [-0.05, 0) is 0 Å². The van der Waals surface area contributed by atoms with E-state index in [0.717, 1.165) is 6.33 Å². The Kier molecular flexibility index (Phi) is 2.04. The van der Waals surface area contributed by atoms with Gasteiger partial charge in [-0.25, -0.2) is 9.97 Å². The number of halogens is 3. The average molecular weight is 231 g/mol. The molecule has 0 aliphatic carbocycles. The van der Waals surface area contributed by atoms with Crippen molar-refractivity contribution in [2.24, 2.45) is 5.73 Å². The zero-order valence-electron chi connectivity index (χ0n) is 7.54. The van der Waals surface area contributed by atoms with Gasteiger partial charge in [-0.15, -0.1) is 0 Å². The van der Waals surface area contributed by atoms with Crippen LogP contribution in [0.1, 0.15) is 16.2 Å². The minimum atomic E-state index is -4.70. The number of nitrogens with two attached hydrogens (primary N) is 1. The van der Waals surface area contributed by atoms with Crippen LogP contribution in [0.15, 0.2) is 6.33 Å². The van der Waals surface area contributed by atoms with Crippen molar-refractivity contribution in [3.63, 3.8) is 0 Å². The number of rotatable bonds is 1. The molecule has 2 aromatic heterocycles. The third-order valence-corrected chi connectivity index (χ3v) is 1.87. The number of primary amides is 1. The van der Waals surface area contributed by atoms with Gasteiger partial charge in [0.25, 0.3) is 5.91 Å². The maximum atomic E-state index is 12.6. The van der Waals surface area contributed by atoms with Crippen LogP contribution in [0, 0.1) is 0 Å². The summed E-state index contributed by atoms with van der Waals surface area (Å²) in [6.45, 7) is 0. The largest absolute Gasteiger partial charge is 0.434 e. The molecule has 6 nitrogen and oxygen atoms in total. The Morgan fingerprint density at radius 2 is 2.06 bits per heavy atom. The Balaban J connectivity index is 2.84. The van der Waals surface area contributed by atoms with Crippen molar-refractivity contribution < 1.29 is 18.0 Å². The van der Waals surface area contributed by atoms with Gasteiger partial charge in [0.05, 0.1) is 5.39 Å². The molecule has 16 heavy (non-hydrogen) atoms. The molecule has 0 aliphatic rings. The number of carbonyl (C=O) groups is 1. The summed E-state index contributed by atoms with van der Waals surface area (Å²) in [7, 11) is 0.